The Morgan fingerprint density at radius 3 is 2.37 bits per heavy atom. The monoisotopic (exact) mass is 419 g/mol. The SMILES string of the molecule is NCc1cccc(C2=C(c3ccc(C[SH](=O)=O)cc3)Oc3ccccc3C2C=O)c1. The van der Waals surface area contributed by atoms with E-state index < -0.39 is 16.6 Å². The number of nitrogens with two attached hydrogens (primary N) is 1. The number of thiol groups is 1. The minimum absolute atomic E-state index is 0.0132. The van der Waals surface area contributed by atoms with Crippen molar-refractivity contribution in [3.8, 4) is 5.75 Å². The number of carbonyl (C=O) groups is 1. The summed E-state index contributed by atoms with van der Waals surface area (Å²) in [5.74, 6) is 0.711. The third kappa shape index (κ3) is 3.92. The van der Waals surface area contributed by atoms with Crippen LogP contribution in [0.5, 0.6) is 5.75 Å². The molecule has 0 saturated carbocycles. The second-order valence-electron chi connectivity index (χ2n) is 7.09. The van der Waals surface area contributed by atoms with Crippen LogP contribution in [0.15, 0.2) is 72.8 Å². The molecule has 0 radical (unpaired) electrons. The Bertz CT molecular complexity index is 1190. The molecule has 1 atom stereocenters. The fraction of sp³-hybridized carbons (Fsp3) is 0.125. The molecule has 0 amide bonds. The molecule has 0 aliphatic carbocycles. The molecule has 3 aromatic carbocycles. The van der Waals surface area contributed by atoms with Gasteiger partial charge in [-0.05, 0) is 22.8 Å². The minimum Gasteiger partial charge on any atom is -0.456 e. The lowest BCUT2D eigenvalue weighted by Gasteiger charge is -2.28. The van der Waals surface area contributed by atoms with Gasteiger partial charge in [0.25, 0.3) is 0 Å². The lowest BCUT2D eigenvalue weighted by molar-refractivity contribution is -0.108. The molecule has 2 N–H and O–H groups in total. The maximum atomic E-state index is 12.2. The number of para-hydroxylation sites is 1. The van der Waals surface area contributed by atoms with Crippen LogP contribution in [0, 0.1) is 0 Å². The fourth-order valence-electron chi connectivity index (χ4n) is 3.73. The van der Waals surface area contributed by atoms with Gasteiger partial charge in [-0.3, -0.25) is 0 Å². The predicted molar refractivity (Wildman–Crippen MR) is 117 cm³/mol. The zero-order chi connectivity index (χ0) is 21.1. The quantitative estimate of drug-likeness (QED) is 0.472. The number of ether oxygens (including phenoxy) is 1. The molecule has 1 aliphatic rings. The van der Waals surface area contributed by atoms with Crippen LogP contribution in [-0.2, 0) is 27.8 Å². The molecule has 0 spiro atoms. The highest BCUT2D eigenvalue weighted by Crippen LogP contribution is 2.45. The van der Waals surface area contributed by atoms with E-state index in [0.717, 1.165) is 34.1 Å². The first-order valence-electron chi connectivity index (χ1n) is 9.57. The van der Waals surface area contributed by atoms with E-state index in [1.807, 2.05) is 60.7 Å². The second kappa shape index (κ2) is 8.65. The number of carbonyl (C=O) groups excluding carboxylic acids is 1. The van der Waals surface area contributed by atoms with E-state index in [9.17, 15) is 13.2 Å². The van der Waals surface area contributed by atoms with Crippen molar-refractivity contribution in [2.75, 3.05) is 0 Å². The molecule has 0 fully saturated rings. The van der Waals surface area contributed by atoms with Gasteiger partial charge in [-0.25, -0.2) is 8.42 Å². The first-order chi connectivity index (χ1) is 14.6. The van der Waals surface area contributed by atoms with Crippen LogP contribution >= 0.6 is 0 Å². The topological polar surface area (TPSA) is 86.5 Å². The fourth-order valence-corrected chi connectivity index (χ4v) is 4.24. The summed E-state index contributed by atoms with van der Waals surface area (Å²) in [7, 11) is -2.50. The highest BCUT2D eigenvalue weighted by atomic mass is 32.2. The molecule has 152 valence electrons. The van der Waals surface area contributed by atoms with Crippen molar-refractivity contribution in [3.63, 3.8) is 0 Å². The zero-order valence-corrected chi connectivity index (χ0v) is 17.0. The highest BCUT2D eigenvalue weighted by molar-refractivity contribution is 7.71. The summed E-state index contributed by atoms with van der Waals surface area (Å²) in [4.78, 5) is 12.2. The number of aldehydes is 1. The van der Waals surface area contributed by atoms with Gasteiger partial charge in [0, 0.05) is 23.2 Å². The normalized spacial score (nSPS) is 15.6. The molecule has 0 saturated heterocycles. The number of fused-ring (bicyclic) bond motifs is 1. The van der Waals surface area contributed by atoms with Crippen LogP contribution in [0.3, 0.4) is 0 Å². The predicted octanol–water partition coefficient (Wildman–Crippen LogP) is 3.50. The van der Waals surface area contributed by atoms with E-state index in [2.05, 4.69) is 0 Å². The Morgan fingerprint density at radius 2 is 1.67 bits per heavy atom. The summed E-state index contributed by atoms with van der Waals surface area (Å²) < 4.78 is 28.3. The Morgan fingerprint density at radius 1 is 0.900 bits per heavy atom. The van der Waals surface area contributed by atoms with Gasteiger partial charge in [0.2, 0.25) is 0 Å². The van der Waals surface area contributed by atoms with Crippen molar-refractivity contribution in [1.82, 2.24) is 0 Å². The molecule has 3 aromatic rings. The summed E-state index contributed by atoms with van der Waals surface area (Å²) in [6, 6.07) is 22.4. The standard InChI is InChI=1S/C24H21NO4S/c25-13-17-4-3-5-19(12-17)23-21(14-26)20-6-1-2-7-22(20)29-24(23)18-10-8-16(9-11-18)15-30(27)28/h1-12,14,21,30H,13,15,25H2. The van der Waals surface area contributed by atoms with Gasteiger partial charge in [-0.1, -0.05) is 66.7 Å². The highest BCUT2D eigenvalue weighted by Gasteiger charge is 2.31. The second-order valence-corrected chi connectivity index (χ2v) is 8.07. The van der Waals surface area contributed by atoms with Crippen LogP contribution in [0.4, 0.5) is 0 Å². The molecule has 1 unspecified atom stereocenters. The largest absolute Gasteiger partial charge is 0.456 e. The molecular weight excluding hydrogens is 398 g/mol. The lowest BCUT2D eigenvalue weighted by Crippen LogP contribution is -2.16. The smallest absolute Gasteiger partial charge is 0.144 e. The maximum absolute atomic E-state index is 12.2. The summed E-state index contributed by atoms with van der Waals surface area (Å²) in [6.45, 7) is 0.391. The van der Waals surface area contributed by atoms with Gasteiger partial charge in [-0.2, -0.15) is 0 Å². The summed E-state index contributed by atoms with van der Waals surface area (Å²) in [6.07, 6.45) is 0.933. The van der Waals surface area contributed by atoms with Crippen LogP contribution < -0.4 is 10.5 Å². The minimum atomic E-state index is -2.50. The van der Waals surface area contributed by atoms with Gasteiger partial charge >= 0.3 is 0 Å². The van der Waals surface area contributed by atoms with E-state index in [0.29, 0.717) is 23.6 Å². The number of hydrogen-bond donors (Lipinski definition) is 2. The van der Waals surface area contributed by atoms with E-state index in [1.165, 1.54) is 0 Å². The molecule has 4 rings (SSSR count). The number of allylic oxidation sites excluding steroid dienone is 1. The van der Waals surface area contributed by atoms with Crippen molar-refractivity contribution in [2.45, 2.75) is 18.2 Å². The third-order valence-corrected chi connectivity index (χ3v) is 5.78. The molecule has 0 bridgehead atoms. The van der Waals surface area contributed by atoms with E-state index in [-0.39, 0.29) is 5.75 Å². The van der Waals surface area contributed by atoms with Crippen LogP contribution in [-0.4, -0.2) is 14.7 Å². The zero-order valence-electron chi connectivity index (χ0n) is 16.2. The van der Waals surface area contributed by atoms with Crippen molar-refractivity contribution in [3.05, 3.63) is 101 Å². The van der Waals surface area contributed by atoms with Crippen LogP contribution in [0.2, 0.25) is 0 Å². The number of rotatable bonds is 6. The Hall–Kier alpha value is -3.22. The van der Waals surface area contributed by atoms with E-state index in [1.54, 1.807) is 12.1 Å². The van der Waals surface area contributed by atoms with Crippen LogP contribution in [0.25, 0.3) is 11.3 Å². The van der Waals surface area contributed by atoms with Crippen molar-refractivity contribution in [2.24, 2.45) is 5.73 Å². The van der Waals surface area contributed by atoms with Gasteiger partial charge in [0.15, 0.2) is 0 Å². The maximum Gasteiger partial charge on any atom is 0.144 e. The molecule has 5 nitrogen and oxygen atoms in total. The lowest BCUT2D eigenvalue weighted by atomic mass is 9.83. The first-order valence-corrected chi connectivity index (χ1v) is 10.9. The Kier molecular flexibility index (Phi) is 5.79. The van der Waals surface area contributed by atoms with Crippen molar-refractivity contribution in [1.29, 1.82) is 0 Å². The van der Waals surface area contributed by atoms with Gasteiger partial charge in [-0.15, -0.1) is 0 Å². The average molecular weight is 420 g/mol. The molecule has 1 aliphatic heterocycles. The first kappa shape index (κ1) is 20.1. The third-order valence-electron chi connectivity index (χ3n) is 5.16. The molecule has 6 heteroatoms. The summed E-state index contributed by atoms with van der Waals surface area (Å²) in [5.41, 5.74) is 10.7. The molecular formula is C24H21NO4S. The van der Waals surface area contributed by atoms with Crippen LogP contribution in [0.1, 0.15) is 33.7 Å². The molecule has 1 heterocycles. The summed E-state index contributed by atoms with van der Waals surface area (Å²) in [5, 5.41) is 0. The van der Waals surface area contributed by atoms with Crippen molar-refractivity contribution < 1.29 is 17.9 Å². The number of hydrogen-bond acceptors (Lipinski definition) is 5. The molecule has 30 heavy (non-hydrogen) atoms. The summed E-state index contributed by atoms with van der Waals surface area (Å²) >= 11 is 0. The molecule has 0 aromatic heterocycles. The van der Waals surface area contributed by atoms with E-state index in [4.69, 9.17) is 10.5 Å². The van der Waals surface area contributed by atoms with Crippen molar-refractivity contribution >= 4 is 28.3 Å². The number of benzene rings is 3. The Labute approximate surface area is 176 Å². The van der Waals surface area contributed by atoms with E-state index >= 15 is 0 Å². The Balaban J connectivity index is 1.91. The average Bonchev–Trinajstić information content (AvgIpc) is 2.78. The van der Waals surface area contributed by atoms with Gasteiger partial charge in [0.05, 0.1) is 11.7 Å². The van der Waals surface area contributed by atoms with Gasteiger partial charge in [0.1, 0.15) is 28.5 Å². The van der Waals surface area contributed by atoms with Gasteiger partial charge < -0.3 is 15.3 Å².